The molecule has 0 aliphatic heterocycles. The SMILES string of the molecule is COc1cc(C(=O)c2ccc(Cl)c(OC)c2)ccc1F. The Kier molecular flexibility index (Phi) is 4.25. The average molecular weight is 295 g/mol. The molecule has 5 heteroatoms. The van der Waals surface area contributed by atoms with Crippen molar-refractivity contribution in [3.05, 3.63) is 58.4 Å². The van der Waals surface area contributed by atoms with Crippen molar-refractivity contribution >= 4 is 17.4 Å². The number of halogens is 2. The molecular formula is C15H12ClFO3. The minimum atomic E-state index is -0.516. The second-order valence-electron chi connectivity index (χ2n) is 4.03. The van der Waals surface area contributed by atoms with Gasteiger partial charge in [0.2, 0.25) is 0 Å². The second kappa shape index (κ2) is 5.92. The Labute approximate surface area is 120 Å². The highest BCUT2D eigenvalue weighted by atomic mass is 35.5. The van der Waals surface area contributed by atoms with Gasteiger partial charge in [-0.15, -0.1) is 0 Å². The Bertz CT molecular complexity index is 600. The molecule has 3 nitrogen and oxygen atoms in total. The number of ether oxygens (including phenoxy) is 2. The Hall–Kier alpha value is -2.07. The highest BCUT2D eigenvalue weighted by Gasteiger charge is 2.14. The fourth-order valence-corrected chi connectivity index (χ4v) is 1.96. The Morgan fingerprint density at radius 3 is 2.15 bits per heavy atom. The first-order valence-electron chi connectivity index (χ1n) is 5.78. The number of hydrogen-bond acceptors (Lipinski definition) is 3. The van der Waals surface area contributed by atoms with Gasteiger partial charge in [0.15, 0.2) is 17.3 Å². The van der Waals surface area contributed by atoms with Gasteiger partial charge in [-0.25, -0.2) is 4.39 Å². The van der Waals surface area contributed by atoms with E-state index in [9.17, 15) is 9.18 Å². The van der Waals surface area contributed by atoms with E-state index in [0.717, 1.165) is 0 Å². The van der Waals surface area contributed by atoms with E-state index in [1.165, 1.54) is 32.4 Å². The van der Waals surface area contributed by atoms with E-state index < -0.39 is 5.82 Å². The van der Waals surface area contributed by atoms with Crippen LogP contribution in [0.5, 0.6) is 11.5 Å². The lowest BCUT2D eigenvalue weighted by Gasteiger charge is -2.07. The third-order valence-electron chi connectivity index (χ3n) is 2.83. The van der Waals surface area contributed by atoms with E-state index in [1.807, 2.05) is 0 Å². The van der Waals surface area contributed by atoms with Crippen molar-refractivity contribution in [3.8, 4) is 11.5 Å². The molecule has 0 aromatic heterocycles. The number of rotatable bonds is 4. The summed E-state index contributed by atoms with van der Waals surface area (Å²) in [7, 11) is 2.81. The van der Waals surface area contributed by atoms with Crippen molar-refractivity contribution in [2.75, 3.05) is 14.2 Å². The van der Waals surface area contributed by atoms with Gasteiger partial charge < -0.3 is 9.47 Å². The summed E-state index contributed by atoms with van der Waals surface area (Å²) in [4.78, 5) is 12.3. The highest BCUT2D eigenvalue weighted by Crippen LogP contribution is 2.27. The minimum Gasteiger partial charge on any atom is -0.495 e. The Morgan fingerprint density at radius 2 is 1.55 bits per heavy atom. The van der Waals surface area contributed by atoms with Crippen molar-refractivity contribution in [2.24, 2.45) is 0 Å². The van der Waals surface area contributed by atoms with E-state index in [0.29, 0.717) is 21.9 Å². The van der Waals surface area contributed by atoms with E-state index in [-0.39, 0.29) is 11.5 Å². The maximum absolute atomic E-state index is 13.3. The third-order valence-corrected chi connectivity index (χ3v) is 3.14. The normalized spacial score (nSPS) is 10.2. The quantitative estimate of drug-likeness (QED) is 0.806. The minimum absolute atomic E-state index is 0.0248. The lowest BCUT2D eigenvalue weighted by atomic mass is 10.0. The number of methoxy groups -OCH3 is 2. The van der Waals surface area contributed by atoms with Crippen LogP contribution in [0.25, 0.3) is 0 Å². The molecule has 0 aliphatic rings. The number of ketones is 1. The molecule has 0 heterocycles. The molecule has 104 valence electrons. The summed E-state index contributed by atoms with van der Waals surface area (Å²) in [6, 6.07) is 8.66. The first-order valence-corrected chi connectivity index (χ1v) is 6.16. The Balaban J connectivity index is 2.41. The predicted molar refractivity (Wildman–Crippen MR) is 74.4 cm³/mol. The first-order chi connectivity index (χ1) is 9.56. The summed E-state index contributed by atoms with van der Waals surface area (Å²) in [6.45, 7) is 0. The van der Waals surface area contributed by atoms with Crippen LogP contribution in [0.3, 0.4) is 0 Å². The smallest absolute Gasteiger partial charge is 0.193 e. The van der Waals surface area contributed by atoms with Crippen molar-refractivity contribution in [1.29, 1.82) is 0 Å². The van der Waals surface area contributed by atoms with Crippen molar-refractivity contribution in [1.82, 2.24) is 0 Å². The number of hydrogen-bond donors (Lipinski definition) is 0. The standard InChI is InChI=1S/C15H12ClFO3/c1-19-13-7-9(3-5-11(13)16)15(18)10-4-6-12(17)14(8-10)20-2/h3-8H,1-2H3. The topological polar surface area (TPSA) is 35.5 Å². The van der Waals surface area contributed by atoms with Crippen LogP contribution in [-0.4, -0.2) is 20.0 Å². The van der Waals surface area contributed by atoms with Crippen LogP contribution in [0.1, 0.15) is 15.9 Å². The summed E-state index contributed by atoms with van der Waals surface area (Å²) in [5.74, 6) is -0.348. The van der Waals surface area contributed by atoms with Gasteiger partial charge in [-0.3, -0.25) is 4.79 Å². The monoisotopic (exact) mass is 294 g/mol. The molecule has 2 aromatic rings. The summed E-state index contributed by atoms with van der Waals surface area (Å²) in [6.07, 6.45) is 0. The zero-order chi connectivity index (χ0) is 14.7. The molecule has 20 heavy (non-hydrogen) atoms. The molecule has 0 bridgehead atoms. The fraction of sp³-hybridized carbons (Fsp3) is 0.133. The van der Waals surface area contributed by atoms with E-state index in [4.69, 9.17) is 21.1 Å². The third kappa shape index (κ3) is 2.75. The van der Waals surface area contributed by atoms with Gasteiger partial charge in [0.1, 0.15) is 5.75 Å². The van der Waals surface area contributed by atoms with Crippen molar-refractivity contribution < 1.29 is 18.7 Å². The first kappa shape index (κ1) is 14.3. The zero-order valence-corrected chi connectivity index (χ0v) is 11.7. The lowest BCUT2D eigenvalue weighted by molar-refractivity contribution is 0.103. The van der Waals surface area contributed by atoms with Crippen LogP contribution in [0, 0.1) is 5.82 Å². The number of carbonyl (C=O) groups is 1. The summed E-state index contributed by atoms with van der Waals surface area (Å²) >= 11 is 5.91. The van der Waals surface area contributed by atoms with Gasteiger partial charge in [0.25, 0.3) is 0 Å². The molecule has 0 unspecified atom stereocenters. The molecule has 0 N–H and O–H groups in total. The van der Waals surface area contributed by atoms with Gasteiger partial charge in [0, 0.05) is 11.1 Å². The lowest BCUT2D eigenvalue weighted by Crippen LogP contribution is -2.03. The van der Waals surface area contributed by atoms with Crippen LogP contribution in [0.4, 0.5) is 4.39 Å². The Morgan fingerprint density at radius 1 is 1.00 bits per heavy atom. The number of carbonyl (C=O) groups excluding carboxylic acids is 1. The van der Waals surface area contributed by atoms with Gasteiger partial charge in [0.05, 0.1) is 19.2 Å². The van der Waals surface area contributed by atoms with Crippen LogP contribution >= 0.6 is 11.6 Å². The molecule has 2 aromatic carbocycles. The maximum atomic E-state index is 13.3. The van der Waals surface area contributed by atoms with Crippen LogP contribution in [0.15, 0.2) is 36.4 Å². The van der Waals surface area contributed by atoms with Gasteiger partial charge in [-0.1, -0.05) is 11.6 Å². The molecule has 0 aliphatic carbocycles. The summed E-state index contributed by atoms with van der Waals surface area (Å²) < 4.78 is 23.3. The molecule has 0 radical (unpaired) electrons. The van der Waals surface area contributed by atoms with Crippen LogP contribution in [-0.2, 0) is 0 Å². The average Bonchev–Trinajstić information content (AvgIpc) is 2.47. The summed E-state index contributed by atoms with van der Waals surface area (Å²) in [5, 5.41) is 0.417. The fourth-order valence-electron chi connectivity index (χ4n) is 1.77. The summed E-state index contributed by atoms with van der Waals surface area (Å²) in [5.41, 5.74) is 0.729. The highest BCUT2D eigenvalue weighted by molar-refractivity contribution is 6.32. The van der Waals surface area contributed by atoms with Gasteiger partial charge in [-0.05, 0) is 36.4 Å². The predicted octanol–water partition coefficient (Wildman–Crippen LogP) is 3.73. The molecular weight excluding hydrogens is 283 g/mol. The van der Waals surface area contributed by atoms with E-state index in [2.05, 4.69) is 0 Å². The number of benzene rings is 2. The molecule has 0 saturated heterocycles. The van der Waals surface area contributed by atoms with Gasteiger partial charge in [-0.2, -0.15) is 0 Å². The van der Waals surface area contributed by atoms with Crippen molar-refractivity contribution in [2.45, 2.75) is 0 Å². The second-order valence-corrected chi connectivity index (χ2v) is 4.43. The largest absolute Gasteiger partial charge is 0.495 e. The molecule has 0 fully saturated rings. The molecule has 2 rings (SSSR count). The molecule has 0 amide bonds. The van der Waals surface area contributed by atoms with E-state index in [1.54, 1.807) is 18.2 Å². The molecule has 0 saturated carbocycles. The van der Waals surface area contributed by atoms with Crippen LogP contribution in [0.2, 0.25) is 5.02 Å². The zero-order valence-electron chi connectivity index (χ0n) is 10.9. The van der Waals surface area contributed by atoms with Crippen molar-refractivity contribution in [3.63, 3.8) is 0 Å². The molecule has 0 atom stereocenters. The maximum Gasteiger partial charge on any atom is 0.193 e. The van der Waals surface area contributed by atoms with Crippen LogP contribution < -0.4 is 9.47 Å². The molecule has 0 spiro atoms. The van der Waals surface area contributed by atoms with Gasteiger partial charge >= 0.3 is 0 Å². The van der Waals surface area contributed by atoms with E-state index >= 15 is 0 Å².